The summed E-state index contributed by atoms with van der Waals surface area (Å²) in [6, 6.07) is 4.89. The number of rotatable bonds is 7. The Balaban J connectivity index is 2.02. The fourth-order valence-electron chi connectivity index (χ4n) is 1.88. The molecule has 0 spiro atoms. The molecule has 5 nitrogen and oxygen atoms in total. The number of aryl methyl sites for hydroxylation is 1. The van der Waals surface area contributed by atoms with Crippen LogP contribution in [0, 0.1) is 18.7 Å². The lowest BCUT2D eigenvalue weighted by Crippen LogP contribution is -2.19. The highest BCUT2D eigenvalue weighted by Crippen LogP contribution is 2.23. The lowest BCUT2D eigenvalue weighted by atomic mass is 10.1. The van der Waals surface area contributed by atoms with E-state index in [9.17, 15) is 4.39 Å². The van der Waals surface area contributed by atoms with E-state index in [0.29, 0.717) is 24.2 Å². The Hall–Kier alpha value is -1.95. The minimum atomic E-state index is -0.393. The second-order valence-electron chi connectivity index (χ2n) is 5.28. The molecule has 0 saturated carbocycles. The number of halogens is 1. The van der Waals surface area contributed by atoms with Crippen LogP contribution in [0.15, 0.2) is 22.7 Å². The van der Waals surface area contributed by atoms with E-state index in [0.717, 1.165) is 12.1 Å². The van der Waals surface area contributed by atoms with Gasteiger partial charge in [0.25, 0.3) is 5.89 Å². The molecule has 0 bridgehead atoms. The first-order valence-corrected chi connectivity index (χ1v) is 6.96. The van der Waals surface area contributed by atoms with Crippen molar-refractivity contribution in [2.24, 2.45) is 5.92 Å². The van der Waals surface area contributed by atoms with Gasteiger partial charge in [-0.1, -0.05) is 31.1 Å². The summed E-state index contributed by atoms with van der Waals surface area (Å²) >= 11 is 0. The van der Waals surface area contributed by atoms with Crippen LogP contribution in [0.2, 0.25) is 0 Å². The topological polar surface area (TPSA) is 60.2 Å². The summed E-state index contributed by atoms with van der Waals surface area (Å²) in [7, 11) is 0. The molecule has 0 amide bonds. The van der Waals surface area contributed by atoms with Gasteiger partial charge in [-0.15, -0.1) is 0 Å². The van der Waals surface area contributed by atoms with Gasteiger partial charge in [0.2, 0.25) is 0 Å². The zero-order valence-corrected chi connectivity index (χ0v) is 12.5. The molecule has 2 aromatic rings. The van der Waals surface area contributed by atoms with E-state index in [2.05, 4.69) is 29.3 Å². The Labute approximate surface area is 123 Å². The van der Waals surface area contributed by atoms with Gasteiger partial charge >= 0.3 is 0 Å². The second kappa shape index (κ2) is 7.17. The van der Waals surface area contributed by atoms with E-state index in [-0.39, 0.29) is 12.4 Å². The third-order valence-corrected chi connectivity index (χ3v) is 2.83. The van der Waals surface area contributed by atoms with Crippen LogP contribution >= 0.6 is 0 Å². The number of nitrogens with zero attached hydrogens (tertiary/aromatic N) is 2. The largest absolute Gasteiger partial charge is 0.480 e. The standard InChI is InChI=1S/C15H20FN3O2/c1-10(2)7-17-8-12-5-4-6-13(16)15(12)20-9-14-18-11(3)19-21-14/h4-6,10,17H,7-9H2,1-3H3. The van der Waals surface area contributed by atoms with Gasteiger partial charge in [0.1, 0.15) is 0 Å². The van der Waals surface area contributed by atoms with Crippen LogP contribution in [0.1, 0.15) is 31.1 Å². The molecule has 6 heteroatoms. The van der Waals surface area contributed by atoms with Gasteiger partial charge in [0, 0.05) is 12.1 Å². The minimum Gasteiger partial charge on any atom is -0.480 e. The van der Waals surface area contributed by atoms with Crippen molar-refractivity contribution in [1.29, 1.82) is 0 Å². The molecule has 1 N–H and O–H groups in total. The molecular weight excluding hydrogens is 273 g/mol. The summed E-state index contributed by atoms with van der Waals surface area (Å²) in [4.78, 5) is 4.03. The maximum absolute atomic E-state index is 13.9. The first-order chi connectivity index (χ1) is 10.1. The minimum absolute atomic E-state index is 0.0545. The fraction of sp³-hybridized carbons (Fsp3) is 0.467. The van der Waals surface area contributed by atoms with Gasteiger partial charge in [-0.05, 0) is 25.5 Å². The first-order valence-electron chi connectivity index (χ1n) is 6.96. The van der Waals surface area contributed by atoms with E-state index >= 15 is 0 Å². The van der Waals surface area contributed by atoms with Crippen LogP contribution in [0.3, 0.4) is 0 Å². The van der Waals surface area contributed by atoms with Crippen LogP contribution < -0.4 is 10.1 Å². The van der Waals surface area contributed by atoms with Crippen LogP contribution in [0.4, 0.5) is 4.39 Å². The summed E-state index contributed by atoms with van der Waals surface area (Å²) in [5.74, 6) is 1.22. The molecule has 0 aliphatic carbocycles. The number of para-hydroxylation sites is 1. The summed E-state index contributed by atoms with van der Waals surface area (Å²) in [6.45, 7) is 7.42. The van der Waals surface area contributed by atoms with Crippen molar-refractivity contribution in [3.05, 3.63) is 41.3 Å². The average Bonchev–Trinajstić information content (AvgIpc) is 2.83. The van der Waals surface area contributed by atoms with Crippen LogP contribution in [-0.4, -0.2) is 16.7 Å². The monoisotopic (exact) mass is 293 g/mol. The zero-order valence-electron chi connectivity index (χ0n) is 12.5. The number of ether oxygens (including phenoxy) is 1. The molecule has 2 rings (SSSR count). The fourth-order valence-corrected chi connectivity index (χ4v) is 1.88. The molecule has 0 fully saturated rings. The van der Waals surface area contributed by atoms with E-state index in [1.54, 1.807) is 13.0 Å². The van der Waals surface area contributed by atoms with Crippen molar-refractivity contribution in [3.63, 3.8) is 0 Å². The third-order valence-electron chi connectivity index (χ3n) is 2.83. The van der Waals surface area contributed by atoms with Gasteiger partial charge < -0.3 is 14.6 Å². The lowest BCUT2D eigenvalue weighted by Gasteiger charge is -2.13. The highest BCUT2D eigenvalue weighted by Gasteiger charge is 2.12. The predicted octanol–water partition coefficient (Wildman–Crippen LogP) is 2.84. The average molecular weight is 293 g/mol. The molecule has 1 aromatic carbocycles. The maximum atomic E-state index is 13.9. The zero-order chi connectivity index (χ0) is 15.2. The molecule has 21 heavy (non-hydrogen) atoms. The summed E-state index contributed by atoms with van der Waals surface area (Å²) in [5, 5.41) is 6.94. The van der Waals surface area contributed by atoms with Crippen LogP contribution in [0.25, 0.3) is 0 Å². The first kappa shape index (κ1) is 15.4. The van der Waals surface area contributed by atoms with Crippen molar-refractivity contribution in [2.75, 3.05) is 6.54 Å². The van der Waals surface area contributed by atoms with Crippen molar-refractivity contribution < 1.29 is 13.7 Å². The Morgan fingerprint density at radius 3 is 2.86 bits per heavy atom. The quantitative estimate of drug-likeness (QED) is 0.850. The third kappa shape index (κ3) is 4.53. The molecule has 0 atom stereocenters. The smallest absolute Gasteiger partial charge is 0.264 e. The molecule has 1 heterocycles. The van der Waals surface area contributed by atoms with Crippen LogP contribution in [0.5, 0.6) is 5.75 Å². The number of aromatic nitrogens is 2. The van der Waals surface area contributed by atoms with Gasteiger partial charge in [-0.25, -0.2) is 4.39 Å². The second-order valence-corrected chi connectivity index (χ2v) is 5.28. The van der Waals surface area contributed by atoms with Crippen molar-refractivity contribution in [2.45, 2.75) is 33.9 Å². The SMILES string of the molecule is Cc1noc(COc2c(F)cccc2CNCC(C)C)n1. The van der Waals surface area contributed by atoms with Gasteiger partial charge in [-0.2, -0.15) is 4.98 Å². The van der Waals surface area contributed by atoms with E-state index < -0.39 is 5.82 Å². The van der Waals surface area contributed by atoms with Gasteiger partial charge in [0.05, 0.1) is 0 Å². The van der Waals surface area contributed by atoms with E-state index in [1.165, 1.54) is 6.07 Å². The van der Waals surface area contributed by atoms with Crippen molar-refractivity contribution >= 4 is 0 Å². The Morgan fingerprint density at radius 1 is 1.38 bits per heavy atom. The van der Waals surface area contributed by atoms with Gasteiger partial charge in [0.15, 0.2) is 24.0 Å². The number of hydrogen-bond donors (Lipinski definition) is 1. The molecule has 0 unspecified atom stereocenters. The summed E-state index contributed by atoms with van der Waals surface area (Å²) < 4.78 is 24.4. The number of benzene rings is 1. The molecular formula is C15H20FN3O2. The Kier molecular flexibility index (Phi) is 5.27. The van der Waals surface area contributed by atoms with E-state index in [1.807, 2.05) is 6.07 Å². The van der Waals surface area contributed by atoms with E-state index in [4.69, 9.17) is 9.26 Å². The molecule has 0 aliphatic rings. The number of nitrogens with one attached hydrogen (secondary N) is 1. The maximum Gasteiger partial charge on any atom is 0.264 e. The van der Waals surface area contributed by atoms with Crippen molar-refractivity contribution in [3.8, 4) is 5.75 Å². The number of hydrogen-bond acceptors (Lipinski definition) is 5. The summed E-state index contributed by atoms with van der Waals surface area (Å²) in [5.41, 5.74) is 0.770. The molecule has 1 aromatic heterocycles. The molecule has 0 radical (unpaired) electrons. The highest BCUT2D eigenvalue weighted by atomic mass is 19.1. The predicted molar refractivity (Wildman–Crippen MR) is 76.3 cm³/mol. The summed E-state index contributed by atoms with van der Waals surface area (Å²) in [6.07, 6.45) is 0. The molecule has 0 saturated heterocycles. The molecule has 0 aliphatic heterocycles. The van der Waals surface area contributed by atoms with Crippen LogP contribution in [-0.2, 0) is 13.2 Å². The van der Waals surface area contributed by atoms with Crippen molar-refractivity contribution in [1.82, 2.24) is 15.5 Å². The molecule has 114 valence electrons. The normalized spacial score (nSPS) is 11.1. The van der Waals surface area contributed by atoms with Gasteiger partial charge in [-0.3, -0.25) is 0 Å². The Morgan fingerprint density at radius 2 is 2.19 bits per heavy atom. The lowest BCUT2D eigenvalue weighted by molar-refractivity contribution is 0.231. The Bertz CT molecular complexity index is 584. The highest BCUT2D eigenvalue weighted by molar-refractivity contribution is 5.34.